The van der Waals surface area contributed by atoms with Gasteiger partial charge in [0.05, 0.1) is 5.56 Å². The zero-order chi connectivity index (χ0) is 13.1. The SMILES string of the molecule is O=C(Nc1ccc(O)cc1)c1ccc(F)cc1F. The number of benzene rings is 2. The van der Waals surface area contributed by atoms with Crippen LogP contribution in [-0.2, 0) is 0 Å². The number of phenols is 1. The Morgan fingerprint density at radius 2 is 1.72 bits per heavy atom. The van der Waals surface area contributed by atoms with E-state index in [4.69, 9.17) is 5.11 Å². The third-order valence-corrected chi connectivity index (χ3v) is 2.30. The second-order valence-corrected chi connectivity index (χ2v) is 3.63. The van der Waals surface area contributed by atoms with E-state index in [0.29, 0.717) is 11.8 Å². The van der Waals surface area contributed by atoms with Crippen molar-refractivity contribution in [2.75, 3.05) is 5.32 Å². The molecule has 18 heavy (non-hydrogen) atoms. The summed E-state index contributed by atoms with van der Waals surface area (Å²) < 4.78 is 26.0. The molecule has 0 heterocycles. The van der Waals surface area contributed by atoms with Crippen molar-refractivity contribution in [3.05, 3.63) is 59.7 Å². The molecule has 5 heteroatoms. The molecular weight excluding hydrogens is 240 g/mol. The van der Waals surface area contributed by atoms with Gasteiger partial charge in [-0.25, -0.2) is 8.78 Å². The number of halogens is 2. The summed E-state index contributed by atoms with van der Waals surface area (Å²) in [5.41, 5.74) is 0.158. The average molecular weight is 249 g/mol. The Balaban J connectivity index is 2.19. The molecule has 0 saturated carbocycles. The van der Waals surface area contributed by atoms with Gasteiger partial charge in [-0.2, -0.15) is 0 Å². The predicted octanol–water partition coefficient (Wildman–Crippen LogP) is 2.92. The number of rotatable bonds is 2. The fourth-order valence-corrected chi connectivity index (χ4v) is 1.42. The maximum Gasteiger partial charge on any atom is 0.258 e. The molecule has 3 nitrogen and oxygen atoms in total. The first kappa shape index (κ1) is 12.0. The first-order valence-electron chi connectivity index (χ1n) is 5.12. The summed E-state index contributed by atoms with van der Waals surface area (Å²) in [6.07, 6.45) is 0. The Labute approximate surface area is 102 Å². The molecule has 2 aromatic rings. The van der Waals surface area contributed by atoms with E-state index in [1.165, 1.54) is 24.3 Å². The Bertz CT molecular complexity index is 582. The number of amides is 1. The third kappa shape index (κ3) is 2.63. The summed E-state index contributed by atoms with van der Waals surface area (Å²) in [5, 5.41) is 11.5. The van der Waals surface area contributed by atoms with Crippen molar-refractivity contribution in [3.63, 3.8) is 0 Å². The highest BCUT2D eigenvalue weighted by molar-refractivity contribution is 6.04. The summed E-state index contributed by atoms with van der Waals surface area (Å²) >= 11 is 0. The van der Waals surface area contributed by atoms with Gasteiger partial charge in [0.1, 0.15) is 17.4 Å². The summed E-state index contributed by atoms with van der Waals surface area (Å²) in [6, 6.07) is 8.43. The fourth-order valence-electron chi connectivity index (χ4n) is 1.42. The molecule has 0 atom stereocenters. The first-order chi connectivity index (χ1) is 8.56. The van der Waals surface area contributed by atoms with Crippen molar-refractivity contribution in [2.45, 2.75) is 0 Å². The molecule has 0 aliphatic rings. The van der Waals surface area contributed by atoms with E-state index in [0.717, 1.165) is 12.1 Å². The Morgan fingerprint density at radius 1 is 1.06 bits per heavy atom. The highest BCUT2D eigenvalue weighted by Crippen LogP contribution is 2.16. The predicted molar refractivity (Wildman–Crippen MR) is 62.4 cm³/mol. The molecule has 1 amide bonds. The lowest BCUT2D eigenvalue weighted by Crippen LogP contribution is -2.13. The van der Waals surface area contributed by atoms with Crippen LogP contribution in [0.3, 0.4) is 0 Å². The molecule has 0 unspecified atom stereocenters. The quantitative estimate of drug-likeness (QED) is 0.804. The zero-order valence-corrected chi connectivity index (χ0v) is 9.15. The summed E-state index contributed by atoms with van der Waals surface area (Å²) in [7, 11) is 0. The van der Waals surface area contributed by atoms with E-state index in [2.05, 4.69) is 5.32 Å². The normalized spacial score (nSPS) is 10.1. The first-order valence-corrected chi connectivity index (χ1v) is 5.12. The van der Waals surface area contributed by atoms with Gasteiger partial charge in [-0.1, -0.05) is 0 Å². The van der Waals surface area contributed by atoms with E-state index in [1.807, 2.05) is 0 Å². The van der Waals surface area contributed by atoms with E-state index in [1.54, 1.807) is 0 Å². The number of aromatic hydroxyl groups is 1. The van der Waals surface area contributed by atoms with E-state index >= 15 is 0 Å². The van der Waals surface area contributed by atoms with Gasteiger partial charge in [0, 0.05) is 11.8 Å². The van der Waals surface area contributed by atoms with Crippen LogP contribution in [0.4, 0.5) is 14.5 Å². The van der Waals surface area contributed by atoms with Gasteiger partial charge in [0.2, 0.25) is 0 Å². The number of carbonyl (C=O) groups excluding carboxylic acids is 1. The van der Waals surface area contributed by atoms with Crippen molar-refractivity contribution in [2.24, 2.45) is 0 Å². The van der Waals surface area contributed by atoms with Gasteiger partial charge in [0.25, 0.3) is 5.91 Å². The molecule has 0 fully saturated rings. The molecule has 0 radical (unpaired) electrons. The molecule has 0 saturated heterocycles. The fraction of sp³-hybridized carbons (Fsp3) is 0. The number of hydrogen-bond acceptors (Lipinski definition) is 2. The minimum absolute atomic E-state index is 0.0564. The van der Waals surface area contributed by atoms with Crippen LogP contribution in [0.15, 0.2) is 42.5 Å². The second-order valence-electron chi connectivity index (χ2n) is 3.63. The smallest absolute Gasteiger partial charge is 0.258 e. The van der Waals surface area contributed by atoms with E-state index in [9.17, 15) is 13.6 Å². The Kier molecular flexibility index (Phi) is 3.23. The average Bonchev–Trinajstić information content (AvgIpc) is 2.32. The van der Waals surface area contributed by atoms with Crippen molar-refractivity contribution in [1.29, 1.82) is 0 Å². The van der Waals surface area contributed by atoms with Crippen LogP contribution >= 0.6 is 0 Å². The van der Waals surface area contributed by atoms with Crippen molar-refractivity contribution in [3.8, 4) is 5.75 Å². The minimum Gasteiger partial charge on any atom is -0.508 e. The highest BCUT2D eigenvalue weighted by Gasteiger charge is 2.12. The number of carbonyl (C=O) groups is 1. The van der Waals surface area contributed by atoms with Crippen LogP contribution in [0.1, 0.15) is 10.4 Å². The number of anilines is 1. The second kappa shape index (κ2) is 4.83. The van der Waals surface area contributed by atoms with Crippen molar-refractivity contribution in [1.82, 2.24) is 0 Å². The van der Waals surface area contributed by atoms with Crippen LogP contribution in [0.25, 0.3) is 0 Å². The molecule has 2 rings (SSSR count). The number of phenolic OH excluding ortho intramolecular Hbond substituents is 1. The minimum atomic E-state index is -0.925. The van der Waals surface area contributed by atoms with Crippen molar-refractivity contribution >= 4 is 11.6 Å². The molecule has 2 aromatic carbocycles. The Hall–Kier alpha value is -2.43. The van der Waals surface area contributed by atoms with Crippen molar-refractivity contribution < 1.29 is 18.7 Å². The number of hydrogen-bond donors (Lipinski definition) is 2. The van der Waals surface area contributed by atoms with Crippen LogP contribution < -0.4 is 5.32 Å². The summed E-state index contributed by atoms with van der Waals surface area (Å²) in [6.45, 7) is 0. The van der Waals surface area contributed by atoms with Crippen LogP contribution in [0, 0.1) is 11.6 Å². The van der Waals surface area contributed by atoms with Gasteiger partial charge in [-0.3, -0.25) is 4.79 Å². The molecule has 0 aliphatic carbocycles. The number of nitrogens with one attached hydrogen (secondary N) is 1. The van der Waals surface area contributed by atoms with Crippen LogP contribution in [-0.4, -0.2) is 11.0 Å². The molecule has 0 aliphatic heterocycles. The summed E-state index contributed by atoms with van der Waals surface area (Å²) in [5.74, 6) is -2.29. The van der Waals surface area contributed by atoms with E-state index in [-0.39, 0.29) is 11.3 Å². The summed E-state index contributed by atoms with van der Waals surface area (Å²) in [4.78, 5) is 11.7. The third-order valence-electron chi connectivity index (χ3n) is 2.30. The van der Waals surface area contributed by atoms with Gasteiger partial charge < -0.3 is 10.4 Å². The maximum atomic E-state index is 13.3. The molecule has 92 valence electrons. The largest absolute Gasteiger partial charge is 0.508 e. The lowest BCUT2D eigenvalue weighted by atomic mass is 10.2. The molecular formula is C13H9F2NO2. The Morgan fingerprint density at radius 3 is 2.33 bits per heavy atom. The molecule has 0 bridgehead atoms. The van der Waals surface area contributed by atoms with E-state index < -0.39 is 17.5 Å². The maximum absolute atomic E-state index is 13.3. The lowest BCUT2D eigenvalue weighted by molar-refractivity contribution is 0.102. The zero-order valence-electron chi connectivity index (χ0n) is 9.15. The highest BCUT2D eigenvalue weighted by atomic mass is 19.1. The van der Waals surface area contributed by atoms with Crippen LogP contribution in [0.5, 0.6) is 5.75 Å². The molecule has 0 spiro atoms. The van der Waals surface area contributed by atoms with Crippen LogP contribution in [0.2, 0.25) is 0 Å². The lowest BCUT2D eigenvalue weighted by Gasteiger charge is -2.06. The molecule has 2 N–H and O–H groups in total. The standard InChI is InChI=1S/C13H9F2NO2/c14-8-1-6-11(12(15)7-8)13(18)16-9-2-4-10(17)5-3-9/h1-7,17H,(H,16,18). The van der Waals surface area contributed by atoms with Gasteiger partial charge in [0.15, 0.2) is 0 Å². The monoisotopic (exact) mass is 249 g/mol. The van der Waals surface area contributed by atoms with Gasteiger partial charge in [-0.15, -0.1) is 0 Å². The van der Waals surface area contributed by atoms with Gasteiger partial charge in [-0.05, 0) is 36.4 Å². The van der Waals surface area contributed by atoms with Gasteiger partial charge >= 0.3 is 0 Å². The molecule has 0 aromatic heterocycles. The topological polar surface area (TPSA) is 49.3 Å².